The molecule has 7 heteroatoms. The molecule has 1 atom stereocenters. The van der Waals surface area contributed by atoms with Gasteiger partial charge in [-0.2, -0.15) is 0 Å². The van der Waals surface area contributed by atoms with Gasteiger partial charge in [-0.1, -0.05) is 69.7 Å². The summed E-state index contributed by atoms with van der Waals surface area (Å²) < 4.78 is 8.43. The van der Waals surface area contributed by atoms with Crippen LogP contribution in [0.5, 0.6) is 0 Å². The van der Waals surface area contributed by atoms with E-state index in [9.17, 15) is 9.59 Å². The molecule has 1 aliphatic rings. The molecule has 3 aromatic rings. The average molecular weight is 483 g/mol. The molecular weight excluding hydrogens is 464 g/mol. The molecule has 0 spiro atoms. The second kappa shape index (κ2) is 8.53. The number of aromatic nitrogens is 1. The molecule has 0 saturated heterocycles. The van der Waals surface area contributed by atoms with Gasteiger partial charge < -0.3 is 4.74 Å². The third kappa shape index (κ3) is 3.82. The number of thiazole rings is 1. The predicted molar refractivity (Wildman–Crippen MR) is 121 cm³/mol. The summed E-state index contributed by atoms with van der Waals surface area (Å²) >= 11 is 4.74. The molecule has 152 valence electrons. The van der Waals surface area contributed by atoms with Gasteiger partial charge >= 0.3 is 5.97 Å². The van der Waals surface area contributed by atoms with Crippen molar-refractivity contribution in [2.24, 2.45) is 4.99 Å². The van der Waals surface area contributed by atoms with E-state index in [1.54, 1.807) is 18.4 Å². The van der Waals surface area contributed by atoms with Crippen LogP contribution in [0.25, 0.3) is 6.08 Å². The molecule has 0 saturated carbocycles. The van der Waals surface area contributed by atoms with Crippen molar-refractivity contribution in [1.29, 1.82) is 0 Å². The number of esters is 1. The zero-order valence-electron chi connectivity index (χ0n) is 16.5. The van der Waals surface area contributed by atoms with Crippen molar-refractivity contribution in [3.63, 3.8) is 0 Å². The average Bonchev–Trinajstić information content (AvgIpc) is 3.04. The van der Waals surface area contributed by atoms with Gasteiger partial charge in [-0.15, -0.1) is 0 Å². The number of benzene rings is 2. The van der Waals surface area contributed by atoms with E-state index in [0.29, 0.717) is 20.6 Å². The van der Waals surface area contributed by atoms with Gasteiger partial charge in [0.2, 0.25) is 0 Å². The number of ether oxygens (including phenoxy) is 1. The van der Waals surface area contributed by atoms with Gasteiger partial charge in [0.05, 0.1) is 28.5 Å². The van der Waals surface area contributed by atoms with Crippen LogP contribution in [-0.4, -0.2) is 17.1 Å². The molecular formula is C23H19BrN2O3S. The van der Waals surface area contributed by atoms with Crippen LogP contribution in [0.2, 0.25) is 0 Å². The molecule has 4 rings (SSSR count). The molecule has 1 aromatic heterocycles. The first kappa shape index (κ1) is 20.5. The molecule has 1 aliphatic heterocycles. The Morgan fingerprint density at radius 2 is 1.90 bits per heavy atom. The third-order valence-electron chi connectivity index (χ3n) is 4.80. The lowest BCUT2D eigenvalue weighted by Crippen LogP contribution is -2.39. The van der Waals surface area contributed by atoms with Gasteiger partial charge in [0, 0.05) is 4.47 Å². The van der Waals surface area contributed by atoms with Gasteiger partial charge in [-0.05, 0) is 43.2 Å². The fourth-order valence-corrected chi connectivity index (χ4v) is 4.76. The van der Waals surface area contributed by atoms with E-state index in [1.807, 2.05) is 60.7 Å². The first-order valence-corrected chi connectivity index (χ1v) is 11.1. The summed E-state index contributed by atoms with van der Waals surface area (Å²) in [5, 5.41) is 0. The van der Waals surface area contributed by atoms with E-state index in [4.69, 9.17) is 4.74 Å². The second-order valence-electron chi connectivity index (χ2n) is 6.76. The second-order valence-corrected chi connectivity index (χ2v) is 8.69. The van der Waals surface area contributed by atoms with Crippen molar-refractivity contribution in [1.82, 2.24) is 4.57 Å². The highest BCUT2D eigenvalue weighted by Gasteiger charge is 2.33. The molecule has 0 unspecified atom stereocenters. The van der Waals surface area contributed by atoms with Crippen molar-refractivity contribution < 1.29 is 9.53 Å². The number of carbonyl (C=O) groups excluding carboxylic acids is 1. The van der Waals surface area contributed by atoms with E-state index < -0.39 is 12.0 Å². The number of hydrogen-bond acceptors (Lipinski definition) is 5. The number of allylic oxidation sites excluding steroid dienone is 1. The van der Waals surface area contributed by atoms with Crippen LogP contribution in [0.1, 0.15) is 31.0 Å². The number of rotatable bonds is 4. The van der Waals surface area contributed by atoms with Gasteiger partial charge in [0.25, 0.3) is 5.56 Å². The minimum atomic E-state index is -0.575. The van der Waals surface area contributed by atoms with Gasteiger partial charge in [0.15, 0.2) is 4.80 Å². The highest BCUT2D eigenvalue weighted by molar-refractivity contribution is 9.10. The summed E-state index contributed by atoms with van der Waals surface area (Å²) in [6.07, 6.45) is 1.85. The standard InChI is InChI=1S/C23H19BrN2O3S/c1-3-29-22(28)19-14(2)25-23-26(20(19)16-7-5-4-6-8-16)21(27)18(30-23)13-15-9-11-17(24)12-10-15/h4-13,20H,3H2,1-2H3/b18-13-/t20-/m0/s1. The first-order valence-electron chi connectivity index (χ1n) is 9.49. The number of carbonyl (C=O) groups is 1. The lowest BCUT2D eigenvalue weighted by molar-refractivity contribution is -0.139. The van der Waals surface area contributed by atoms with Crippen LogP contribution < -0.4 is 14.9 Å². The molecule has 0 amide bonds. The minimum Gasteiger partial charge on any atom is -0.463 e. The maximum Gasteiger partial charge on any atom is 0.338 e. The molecule has 0 N–H and O–H groups in total. The predicted octanol–water partition coefficient (Wildman–Crippen LogP) is 3.56. The first-order chi connectivity index (χ1) is 14.5. The Morgan fingerprint density at radius 1 is 1.20 bits per heavy atom. The van der Waals surface area contributed by atoms with Crippen molar-refractivity contribution >= 4 is 39.3 Å². The summed E-state index contributed by atoms with van der Waals surface area (Å²) in [5.41, 5.74) is 2.54. The highest BCUT2D eigenvalue weighted by atomic mass is 79.9. The Morgan fingerprint density at radius 3 is 2.57 bits per heavy atom. The van der Waals surface area contributed by atoms with E-state index in [0.717, 1.165) is 15.6 Å². The van der Waals surface area contributed by atoms with Gasteiger partial charge in [0.1, 0.15) is 0 Å². The summed E-state index contributed by atoms with van der Waals surface area (Å²) in [7, 11) is 0. The lowest BCUT2D eigenvalue weighted by Gasteiger charge is -2.24. The fraction of sp³-hybridized carbons (Fsp3) is 0.174. The van der Waals surface area contributed by atoms with E-state index in [-0.39, 0.29) is 12.2 Å². The summed E-state index contributed by atoms with van der Waals surface area (Å²) in [4.78, 5) is 31.3. The summed E-state index contributed by atoms with van der Waals surface area (Å²) in [6, 6.07) is 16.7. The third-order valence-corrected chi connectivity index (χ3v) is 6.31. The van der Waals surface area contributed by atoms with Crippen molar-refractivity contribution in [3.05, 3.63) is 101 Å². The van der Waals surface area contributed by atoms with Crippen molar-refractivity contribution in [3.8, 4) is 0 Å². The molecule has 2 heterocycles. The van der Waals surface area contributed by atoms with Crippen LogP contribution in [0, 0.1) is 0 Å². The van der Waals surface area contributed by atoms with Gasteiger partial charge in [-0.3, -0.25) is 9.36 Å². The summed E-state index contributed by atoms with van der Waals surface area (Å²) in [5.74, 6) is -0.449. The SMILES string of the molecule is CCOC(=O)C1=C(C)N=c2s/c(=C\c3ccc(Br)cc3)c(=O)n2[C@H]1c1ccccc1. The monoisotopic (exact) mass is 482 g/mol. The Labute approximate surface area is 185 Å². The molecule has 5 nitrogen and oxygen atoms in total. The Hall–Kier alpha value is -2.77. The highest BCUT2D eigenvalue weighted by Crippen LogP contribution is 2.30. The van der Waals surface area contributed by atoms with E-state index >= 15 is 0 Å². The van der Waals surface area contributed by atoms with Crippen LogP contribution in [-0.2, 0) is 9.53 Å². The largest absolute Gasteiger partial charge is 0.463 e. The molecule has 30 heavy (non-hydrogen) atoms. The molecule has 0 bridgehead atoms. The Kier molecular flexibility index (Phi) is 5.83. The van der Waals surface area contributed by atoms with Crippen molar-refractivity contribution in [2.45, 2.75) is 19.9 Å². The van der Waals surface area contributed by atoms with Crippen LogP contribution in [0.3, 0.4) is 0 Å². The maximum atomic E-state index is 13.4. The minimum absolute atomic E-state index is 0.176. The molecule has 0 fully saturated rings. The number of nitrogens with zero attached hydrogens (tertiary/aromatic N) is 2. The summed E-state index contributed by atoms with van der Waals surface area (Å²) in [6.45, 7) is 3.80. The lowest BCUT2D eigenvalue weighted by atomic mass is 9.96. The van der Waals surface area contributed by atoms with E-state index in [1.165, 1.54) is 11.3 Å². The topological polar surface area (TPSA) is 60.7 Å². The number of halogens is 1. The smallest absolute Gasteiger partial charge is 0.338 e. The number of hydrogen-bond donors (Lipinski definition) is 0. The van der Waals surface area contributed by atoms with Gasteiger partial charge in [-0.25, -0.2) is 9.79 Å². The van der Waals surface area contributed by atoms with Crippen LogP contribution >= 0.6 is 27.3 Å². The normalized spacial score (nSPS) is 16.2. The fourth-order valence-electron chi connectivity index (χ4n) is 3.45. The molecule has 0 radical (unpaired) electrons. The Bertz CT molecular complexity index is 1310. The van der Waals surface area contributed by atoms with Crippen LogP contribution in [0.15, 0.2) is 80.1 Å². The van der Waals surface area contributed by atoms with Crippen LogP contribution in [0.4, 0.5) is 0 Å². The quantitative estimate of drug-likeness (QED) is 0.534. The number of fused-ring (bicyclic) bond motifs is 1. The van der Waals surface area contributed by atoms with E-state index in [2.05, 4.69) is 20.9 Å². The maximum absolute atomic E-state index is 13.4. The zero-order valence-corrected chi connectivity index (χ0v) is 18.9. The molecule has 0 aliphatic carbocycles. The Balaban J connectivity index is 1.94. The molecule has 2 aromatic carbocycles. The van der Waals surface area contributed by atoms with Crippen molar-refractivity contribution in [2.75, 3.05) is 6.61 Å². The zero-order chi connectivity index (χ0) is 21.3.